The van der Waals surface area contributed by atoms with Crippen LogP contribution in [0, 0.1) is 0 Å². The molecule has 1 N–H and O–H groups in total. The first-order valence-corrected chi connectivity index (χ1v) is 7.00. The van der Waals surface area contributed by atoms with Crippen LogP contribution in [0.4, 0.5) is 5.82 Å². The summed E-state index contributed by atoms with van der Waals surface area (Å²) in [6.07, 6.45) is 5.48. The molecule has 20 heavy (non-hydrogen) atoms. The molecule has 0 aliphatic carbocycles. The van der Waals surface area contributed by atoms with Crippen LogP contribution in [0.2, 0.25) is 0 Å². The number of nitrogens with zero attached hydrogens (tertiary/aromatic N) is 4. The molecule has 5 nitrogen and oxygen atoms in total. The van der Waals surface area contributed by atoms with Crippen molar-refractivity contribution in [3.05, 3.63) is 48.2 Å². The highest BCUT2D eigenvalue weighted by molar-refractivity contribution is 5.36. The van der Waals surface area contributed by atoms with Gasteiger partial charge >= 0.3 is 0 Å². The van der Waals surface area contributed by atoms with E-state index in [9.17, 15) is 0 Å². The molecule has 0 saturated heterocycles. The fourth-order valence-corrected chi connectivity index (χ4v) is 1.90. The van der Waals surface area contributed by atoms with Crippen molar-refractivity contribution in [2.45, 2.75) is 26.9 Å². The Bertz CT molecular complexity index is 497. The fourth-order valence-electron chi connectivity index (χ4n) is 1.90. The first kappa shape index (κ1) is 14.4. The third kappa shape index (κ3) is 3.99. The Balaban J connectivity index is 2.04. The summed E-state index contributed by atoms with van der Waals surface area (Å²) in [7, 11) is 0. The molecule has 0 amide bonds. The van der Waals surface area contributed by atoms with Crippen molar-refractivity contribution in [2.24, 2.45) is 0 Å². The van der Waals surface area contributed by atoms with Crippen molar-refractivity contribution in [3.8, 4) is 0 Å². The highest BCUT2D eigenvalue weighted by Crippen LogP contribution is 2.12. The molecular weight excluding hydrogens is 250 g/mol. The van der Waals surface area contributed by atoms with Gasteiger partial charge < -0.3 is 10.2 Å². The summed E-state index contributed by atoms with van der Waals surface area (Å²) < 4.78 is 0. The molecule has 106 valence electrons. The van der Waals surface area contributed by atoms with E-state index in [2.05, 4.69) is 39.0 Å². The minimum atomic E-state index is 0.749. The van der Waals surface area contributed by atoms with Crippen LogP contribution in [0.25, 0.3) is 0 Å². The van der Waals surface area contributed by atoms with Crippen molar-refractivity contribution in [3.63, 3.8) is 0 Å². The van der Waals surface area contributed by atoms with E-state index in [1.165, 1.54) is 0 Å². The van der Waals surface area contributed by atoms with Gasteiger partial charge in [0.2, 0.25) is 0 Å². The lowest BCUT2D eigenvalue weighted by molar-refractivity contribution is 0.704. The second kappa shape index (κ2) is 7.55. The molecule has 5 heteroatoms. The lowest BCUT2D eigenvalue weighted by atomic mass is 10.3. The van der Waals surface area contributed by atoms with E-state index >= 15 is 0 Å². The van der Waals surface area contributed by atoms with E-state index in [0.717, 1.165) is 43.4 Å². The predicted octanol–water partition coefficient (Wildman–Crippen LogP) is 2.01. The summed E-state index contributed by atoms with van der Waals surface area (Å²) in [5, 5.41) is 3.24. The molecule has 0 aliphatic rings. The molecule has 0 aromatic carbocycles. The Labute approximate surface area is 120 Å². The quantitative estimate of drug-likeness (QED) is 0.835. The maximum absolute atomic E-state index is 4.49. The summed E-state index contributed by atoms with van der Waals surface area (Å²) in [6.45, 7) is 7.50. The van der Waals surface area contributed by atoms with E-state index in [4.69, 9.17) is 0 Å². The van der Waals surface area contributed by atoms with E-state index in [1.54, 1.807) is 0 Å². The average molecular weight is 271 g/mol. The summed E-state index contributed by atoms with van der Waals surface area (Å²) in [5.74, 6) is 0.887. The standard InChI is InChI=1S/C15H21N5/c1-3-16-9-14-10-19-15(11-18-14)20(4-2)12-13-7-5-6-8-17-13/h5-8,10-11,16H,3-4,9,12H2,1-2H3. The van der Waals surface area contributed by atoms with Crippen molar-refractivity contribution in [1.82, 2.24) is 20.3 Å². The molecule has 0 spiro atoms. The second-order valence-corrected chi connectivity index (χ2v) is 4.48. The van der Waals surface area contributed by atoms with E-state index in [0.29, 0.717) is 0 Å². The number of pyridine rings is 1. The van der Waals surface area contributed by atoms with Gasteiger partial charge in [-0.3, -0.25) is 9.97 Å². The SMILES string of the molecule is CCNCc1cnc(N(CC)Cc2ccccn2)cn1. The summed E-state index contributed by atoms with van der Waals surface area (Å²) in [4.78, 5) is 15.4. The highest BCUT2D eigenvalue weighted by Gasteiger charge is 2.08. The maximum Gasteiger partial charge on any atom is 0.147 e. The maximum atomic E-state index is 4.49. The summed E-state index contributed by atoms with van der Waals surface area (Å²) in [6, 6.07) is 5.95. The molecule has 0 saturated carbocycles. The fraction of sp³-hybridized carbons (Fsp3) is 0.400. The van der Waals surface area contributed by atoms with Crippen LogP contribution in [0.15, 0.2) is 36.8 Å². The molecule has 0 atom stereocenters. The Morgan fingerprint density at radius 3 is 2.55 bits per heavy atom. The molecule has 2 heterocycles. The number of aromatic nitrogens is 3. The molecular formula is C15H21N5. The molecule has 2 rings (SSSR count). The molecule has 0 bridgehead atoms. The molecule has 0 aliphatic heterocycles. The number of hydrogen-bond acceptors (Lipinski definition) is 5. The van der Waals surface area contributed by atoms with Crippen molar-refractivity contribution in [2.75, 3.05) is 18.0 Å². The van der Waals surface area contributed by atoms with Gasteiger partial charge in [-0.05, 0) is 25.6 Å². The topological polar surface area (TPSA) is 53.9 Å². The lowest BCUT2D eigenvalue weighted by Gasteiger charge is -2.21. The largest absolute Gasteiger partial charge is 0.350 e. The number of hydrogen-bond donors (Lipinski definition) is 1. The van der Waals surface area contributed by atoms with Crippen LogP contribution in [0.1, 0.15) is 25.2 Å². The molecule has 0 radical (unpaired) electrons. The molecule has 2 aromatic heterocycles. The number of anilines is 1. The monoisotopic (exact) mass is 271 g/mol. The van der Waals surface area contributed by atoms with Crippen LogP contribution in [0.5, 0.6) is 0 Å². The van der Waals surface area contributed by atoms with Gasteiger partial charge in [-0.25, -0.2) is 4.98 Å². The highest BCUT2D eigenvalue weighted by atomic mass is 15.2. The number of rotatable bonds is 7. The smallest absolute Gasteiger partial charge is 0.147 e. The van der Waals surface area contributed by atoms with Gasteiger partial charge in [-0.1, -0.05) is 13.0 Å². The molecule has 0 fully saturated rings. The minimum absolute atomic E-state index is 0.749. The van der Waals surface area contributed by atoms with Gasteiger partial charge in [0.15, 0.2) is 0 Å². The minimum Gasteiger partial charge on any atom is -0.350 e. The summed E-state index contributed by atoms with van der Waals surface area (Å²) in [5.41, 5.74) is 2.00. The van der Waals surface area contributed by atoms with Gasteiger partial charge in [0.25, 0.3) is 0 Å². The third-order valence-corrected chi connectivity index (χ3v) is 3.03. The molecule has 2 aromatic rings. The van der Waals surface area contributed by atoms with Crippen molar-refractivity contribution >= 4 is 5.82 Å². The normalized spacial score (nSPS) is 10.5. The third-order valence-electron chi connectivity index (χ3n) is 3.03. The van der Waals surface area contributed by atoms with Gasteiger partial charge in [-0.2, -0.15) is 0 Å². The second-order valence-electron chi connectivity index (χ2n) is 4.48. The first-order chi connectivity index (χ1) is 9.83. The van der Waals surface area contributed by atoms with Crippen LogP contribution >= 0.6 is 0 Å². The van der Waals surface area contributed by atoms with E-state index in [-0.39, 0.29) is 0 Å². The zero-order valence-corrected chi connectivity index (χ0v) is 12.1. The van der Waals surface area contributed by atoms with Crippen LogP contribution in [-0.2, 0) is 13.1 Å². The lowest BCUT2D eigenvalue weighted by Crippen LogP contribution is -2.24. The van der Waals surface area contributed by atoms with E-state index < -0.39 is 0 Å². The van der Waals surface area contributed by atoms with Gasteiger partial charge in [-0.15, -0.1) is 0 Å². The zero-order valence-electron chi connectivity index (χ0n) is 12.1. The Morgan fingerprint density at radius 1 is 1.05 bits per heavy atom. The van der Waals surface area contributed by atoms with Gasteiger partial charge in [0, 0.05) is 19.3 Å². The predicted molar refractivity (Wildman–Crippen MR) is 80.4 cm³/mol. The average Bonchev–Trinajstić information content (AvgIpc) is 2.52. The van der Waals surface area contributed by atoms with Crippen LogP contribution in [-0.4, -0.2) is 28.0 Å². The number of nitrogens with one attached hydrogen (secondary N) is 1. The zero-order chi connectivity index (χ0) is 14.2. The van der Waals surface area contributed by atoms with Crippen LogP contribution < -0.4 is 10.2 Å². The van der Waals surface area contributed by atoms with E-state index in [1.807, 2.05) is 36.8 Å². The van der Waals surface area contributed by atoms with Gasteiger partial charge in [0.1, 0.15) is 5.82 Å². The van der Waals surface area contributed by atoms with Crippen molar-refractivity contribution < 1.29 is 0 Å². The summed E-state index contributed by atoms with van der Waals surface area (Å²) >= 11 is 0. The first-order valence-electron chi connectivity index (χ1n) is 7.00. The Kier molecular flexibility index (Phi) is 5.43. The Hall–Kier alpha value is -2.01. The van der Waals surface area contributed by atoms with Crippen LogP contribution in [0.3, 0.4) is 0 Å². The van der Waals surface area contributed by atoms with Crippen molar-refractivity contribution in [1.29, 1.82) is 0 Å². The van der Waals surface area contributed by atoms with Gasteiger partial charge in [0.05, 0.1) is 30.3 Å². The Morgan fingerprint density at radius 2 is 1.95 bits per heavy atom. The molecule has 0 unspecified atom stereocenters.